The molecule has 0 aliphatic carbocycles. The summed E-state index contributed by atoms with van der Waals surface area (Å²) in [5.74, 6) is -1.36. The highest BCUT2D eigenvalue weighted by Crippen LogP contribution is 2.37. The van der Waals surface area contributed by atoms with Crippen molar-refractivity contribution < 1.29 is 14.3 Å². The molecule has 0 fully saturated rings. The van der Waals surface area contributed by atoms with Gasteiger partial charge < -0.3 is 5.11 Å². The minimum atomic E-state index is -1.21. The number of hydrogen-bond donors (Lipinski definition) is 1. The van der Waals surface area contributed by atoms with Gasteiger partial charge in [0.1, 0.15) is 0 Å². The van der Waals surface area contributed by atoms with Gasteiger partial charge in [-0.1, -0.05) is 13.3 Å². The van der Waals surface area contributed by atoms with Crippen molar-refractivity contribution in [1.82, 2.24) is 14.8 Å². The lowest BCUT2D eigenvalue weighted by molar-refractivity contribution is 0.0682. The van der Waals surface area contributed by atoms with Crippen LogP contribution in [0.1, 0.15) is 54.8 Å². The van der Waals surface area contributed by atoms with E-state index >= 15 is 0 Å². The molecule has 1 aliphatic rings. The van der Waals surface area contributed by atoms with Crippen molar-refractivity contribution in [1.29, 1.82) is 0 Å². The van der Waals surface area contributed by atoms with E-state index in [9.17, 15) is 9.18 Å². The molecule has 2 heterocycles. The first-order valence-corrected chi connectivity index (χ1v) is 4.97. The second-order valence-electron chi connectivity index (χ2n) is 3.69. The van der Waals surface area contributed by atoms with Crippen LogP contribution < -0.4 is 0 Å². The molecular formula is C9H12FN3O2. The fraction of sp³-hybridized carbons (Fsp3) is 0.667. The van der Waals surface area contributed by atoms with Crippen molar-refractivity contribution in [3.05, 3.63) is 11.6 Å². The van der Waals surface area contributed by atoms with Gasteiger partial charge in [0.2, 0.25) is 0 Å². The van der Waals surface area contributed by atoms with Crippen LogP contribution in [0, 0.1) is 0 Å². The summed E-state index contributed by atoms with van der Waals surface area (Å²) < 4.78 is 14.9. The van der Waals surface area contributed by atoms with Gasteiger partial charge in [0.25, 0.3) is 5.82 Å². The SMILES string of the molecule is CCC[C@@H]1C[C@H](F)c2nc(C(=O)O)nn21. The number of rotatable bonds is 3. The Hall–Kier alpha value is -1.46. The van der Waals surface area contributed by atoms with Crippen molar-refractivity contribution >= 4 is 5.97 Å². The first-order chi connectivity index (χ1) is 7.13. The van der Waals surface area contributed by atoms with Crippen molar-refractivity contribution in [3.8, 4) is 0 Å². The molecule has 6 heteroatoms. The highest BCUT2D eigenvalue weighted by atomic mass is 19.1. The lowest BCUT2D eigenvalue weighted by Gasteiger charge is -2.08. The van der Waals surface area contributed by atoms with Gasteiger partial charge in [-0.3, -0.25) is 0 Å². The molecule has 0 radical (unpaired) electrons. The molecule has 1 aromatic heterocycles. The molecule has 5 nitrogen and oxygen atoms in total. The number of alkyl halides is 1. The number of nitrogens with zero attached hydrogens (tertiary/aromatic N) is 3. The summed E-state index contributed by atoms with van der Waals surface area (Å²) in [4.78, 5) is 14.3. The molecule has 0 bridgehead atoms. The molecule has 1 N–H and O–H groups in total. The number of fused-ring (bicyclic) bond motifs is 1. The highest BCUT2D eigenvalue weighted by Gasteiger charge is 2.34. The van der Waals surface area contributed by atoms with Gasteiger partial charge in [0.15, 0.2) is 12.0 Å². The molecule has 0 saturated carbocycles. The maximum Gasteiger partial charge on any atom is 0.375 e. The van der Waals surface area contributed by atoms with Crippen molar-refractivity contribution in [2.24, 2.45) is 0 Å². The number of carboxylic acid groups (broad SMARTS) is 1. The molecule has 0 saturated heterocycles. The summed E-state index contributed by atoms with van der Waals surface area (Å²) >= 11 is 0. The zero-order chi connectivity index (χ0) is 11.0. The lowest BCUT2D eigenvalue weighted by Crippen LogP contribution is -2.07. The van der Waals surface area contributed by atoms with E-state index in [-0.39, 0.29) is 17.7 Å². The summed E-state index contributed by atoms with van der Waals surface area (Å²) in [6, 6.07) is -0.0411. The molecule has 1 aliphatic heterocycles. The van der Waals surface area contributed by atoms with E-state index in [0.29, 0.717) is 6.42 Å². The maximum atomic E-state index is 13.5. The molecular weight excluding hydrogens is 201 g/mol. The molecule has 82 valence electrons. The van der Waals surface area contributed by atoms with Gasteiger partial charge in [-0.2, -0.15) is 0 Å². The van der Waals surface area contributed by atoms with Crippen LogP contribution in [0.15, 0.2) is 0 Å². The normalized spacial score (nSPS) is 24.1. The Bertz CT molecular complexity index is 391. The monoisotopic (exact) mass is 213 g/mol. The Morgan fingerprint density at radius 2 is 2.47 bits per heavy atom. The van der Waals surface area contributed by atoms with Gasteiger partial charge in [-0.05, 0) is 6.42 Å². The van der Waals surface area contributed by atoms with Crippen molar-refractivity contribution in [2.45, 2.75) is 38.4 Å². The van der Waals surface area contributed by atoms with Crippen LogP contribution in [-0.4, -0.2) is 25.8 Å². The topological polar surface area (TPSA) is 68.0 Å². The fourth-order valence-electron chi connectivity index (χ4n) is 1.93. The van der Waals surface area contributed by atoms with Crippen LogP contribution in [0.5, 0.6) is 0 Å². The Labute approximate surface area is 85.9 Å². The van der Waals surface area contributed by atoms with Gasteiger partial charge in [0, 0.05) is 6.42 Å². The van der Waals surface area contributed by atoms with Crippen LogP contribution in [-0.2, 0) is 0 Å². The predicted molar refractivity (Wildman–Crippen MR) is 49.4 cm³/mol. The van der Waals surface area contributed by atoms with E-state index in [1.54, 1.807) is 0 Å². The summed E-state index contributed by atoms with van der Waals surface area (Å²) in [6.07, 6.45) is 0.903. The van der Waals surface area contributed by atoms with E-state index in [4.69, 9.17) is 5.11 Å². The molecule has 0 unspecified atom stereocenters. The number of carboxylic acids is 1. The number of hydrogen-bond acceptors (Lipinski definition) is 3. The number of carbonyl (C=O) groups is 1. The lowest BCUT2D eigenvalue weighted by atomic mass is 10.1. The van der Waals surface area contributed by atoms with E-state index in [2.05, 4.69) is 10.1 Å². The zero-order valence-corrected chi connectivity index (χ0v) is 8.35. The van der Waals surface area contributed by atoms with Gasteiger partial charge in [0.05, 0.1) is 6.04 Å². The molecule has 0 amide bonds. The Morgan fingerprint density at radius 1 is 1.73 bits per heavy atom. The van der Waals surface area contributed by atoms with Crippen LogP contribution in [0.4, 0.5) is 4.39 Å². The van der Waals surface area contributed by atoms with Crippen LogP contribution in [0.25, 0.3) is 0 Å². The summed E-state index contributed by atoms with van der Waals surface area (Å²) in [5, 5.41) is 12.5. The minimum absolute atomic E-state index is 0.0411. The summed E-state index contributed by atoms with van der Waals surface area (Å²) in [6.45, 7) is 2.00. The minimum Gasteiger partial charge on any atom is -0.475 e. The van der Waals surface area contributed by atoms with Gasteiger partial charge >= 0.3 is 5.97 Å². The Kier molecular flexibility index (Phi) is 2.42. The first-order valence-electron chi connectivity index (χ1n) is 4.97. The number of halogens is 1. The van der Waals surface area contributed by atoms with Crippen LogP contribution >= 0.6 is 0 Å². The molecule has 1 aromatic rings. The number of aromatic nitrogens is 3. The van der Waals surface area contributed by atoms with Crippen molar-refractivity contribution in [3.63, 3.8) is 0 Å². The first kappa shape index (κ1) is 10.1. The third-order valence-corrected chi connectivity index (χ3v) is 2.58. The van der Waals surface area contributed by atoms with Crippen molar-refractivity contribution in [2.75, 3.05) is 0 Å². The molecule has 2 rings (SSSR count). The average Bonchev–Trinajstić information content (AvgIpc) is 2.70. The van der Waals surface area contributed by atoms with Gasteiger partial charge in [-0.25, -0.2) is 18.9 Å². The summed E-state index contributed by atoms with van der Waals surface area (Å²) in [7, 11) is 0. The fourth-order valence-corrected chi connectivity index (χ4v) is 1.93. The largest absolute Gasteiger partial charge is 0.475 e. The molecule has 2 atom stereocenters. The highest BCUT2D eigenvalue weighted by molar-refractivity contribution is 5.82. The third-order valence-electron chi connectivity index (χ3n) is 2.58. The zero-order valence-electron chi connectivity index (χ0n) is 8.35. The molecule has 15 heavy (non-hydrogen) atoms. The number of aromatic carboxylic acids is 1. The Morgan fingerprint density at radius 3 is 3.07 bits per heavy atom. The smallest absolute Gasteiger partial charge is 0.375 e. The maximum absolute atomic E-state index is 13.5. The van der Waals surface area contributed by atoms with E-state index in [1.807, 2.05) is 6.92 Å². The standard InChI is InChI=1S/C9H12FN3O2/c1-2-3-5-4-6(10)8-11-7(9(14)15)12-13(5)8/h5-6H,2-4H2,1H3,(H,14,15)/t5-,6+/m1/s1. The van der Waals surface area contributed by atoms with E-state index in [0.717, 1.165) is 12.8 Å². The van der Waals surface area contributed by atoms with E-state index < -0.39 is 12.1 Å². The summed E-state index contributed by atoms with van der Waals surface area (Å²) in [5.41, 5.74) is 0. The Balaban J connectivity index is 2.33. The van der Waals surface area contributed by atoms with Crippen LogP contribution in [0.3, 0.4) is 0 Å². The van der Waals surface area contributed by atoms with E-state index in [1.165, 1.54) is 4.68 Å². The predicted octanol–water partition coefficient (Wildman–Crippen LogP) is 1.73. The second-order valence-corrected chi connectivity index (χ2v) is 3.69. The quantitative estimate of drug-likeness (QED) is 0.830. The molecule has 0 aromatic carbocycles. The third kappa shape index (κ3) is 1.60. The van der Waals surface area contributed by atoms with Crippen LogP contribution in [0.2, 0.25) is 0 Å². The van der Waals surface area contributed by atoms with Gasteiger partial charge in [-0.15, -0.1) is 5.10 Å². The second kappa shape index (κ2) is 3.60. The average molecular weight is 213 g/mol. The molecule has 0 spiro atoms.